The number of halogens is 1. The highest BCUT2D eigenvalue weighted by molar-refractivity contribution is 8.15. The van der Waals surface area contributed by atoms with Crippen molar-refractivity contribution >= 4 is 44.1 Å². The van der Waals surface area contributed by atoms with Gasteiger partial charge in [-0.1, -0.05) is 41.9 Å². The van der Waals surface area contributed by atoms with E-state index in [1.807, 2.05) is 36.6 Å². The van der Waals surface area contributed by atoms with Gasteiger partial charge in [0.1, 0.15) is 5.04 Å². The highest BCUT2D eigenvalue weighted by Gasteiger charge is 2.42. The van der Waals surface area contributed by atoms with E-state index in [4.69, 9.17) is 21.6 Å². The minimum atomic E-state index is -3.48. The third kappa shape index (κ3) is 3.64. The van der Waals surface area contributed by atoms with Crippen LogP contribution in [0.15, 0.2) is 69.5 Å². The van der Waals surface area contributed by atoms with E-state index in [9.17, 15) is 8.42 Å². The van der Waals surface area contributed by atoms with Crippen molar-refractivity contribution in [1.82, 2.24) is 4.31 Å². The van der Waals surface area contributed by atoms with Gasteiger partial charge in [0, 0.05) is 36.5 Å². The summed E-state index contributed by atoms with van der Waals surface area (Å²) in [7, 11) is -3.48. The van der Waals surface area contributed by atoms with E-state index in [-0.39, 0.29) is 0 Å². The summed E-state index contributed by atoms with van der Waals surface area (Å²) in [6.07, 6.45) is 3.12. The van der Waals surface area contributed by atoms with Crippen molar-refractivity contribution in [2.45, 2.75) is 23.4 Å². The van der Waals surface area contributed by atoms with Gasteiger partial charge in [-0.3, -0.25) is 4.99 Å². The van der Waals surface area contributed by atoms with Crippen molar-refractivity contribution in [2.24, 2.45) is 9.98 Å². The van der Waals surface area contributed by atoms with Crippen molar-refractivity contribution in [3.63, 3.8) is 0 Å². The molecule has 2 aliphatic heterocycles. The predicted molar refractivity (Wildman–Crippen MR) is 116 cm³/mol. The minimum Gasteiger partial charge on any atom is -0.252 e. The Hall–Kier alpha value is -1.67. The molecular formula is C20H20ClN3O2S2. The summed E-state index contributed by atoms with van der Waals surface area (Å²) in [6, 6.07) is 16.1. The molecule has 0 atom stereocenters. The average Bonchev–Trinajstić information content (AvgIpc) is 3.08. The number of sulfonamides is 1. The van der Waals surface area contributed by atoms with Gasteiger partial charge in [-0.15, -0.1) is 11.8 Å². The van der Waals surface area contributed by atoms with Crippen LogP contribution in [0.5, 0.6) is 0 Å². The first kappa shape index (κ1) is 19.6. The first-order chi connectivity index (χ1) is 13.4. The summed E-state index contributed by atoms with van der Waals surface area (Å²) in [4.78, 5) is 10.2. The molecule has 0 amide bonds. The third-order valence-corrected chi connectivity index (χ3v) is 7.88. The predicted octanol–water partition coefficient (Wildman–Crippen LogP) is 4.09. The molecule has 2 aromatic carbocycles. The lowest BCUT2D eigenvalue weighted by Gasteiger charge is -2.34. The maximum Gasteiger partial charge on any atom is 0.243 e. The summed E-state index contributed by atoms with van der Waals surface area (Å²) < 4.78 is 27.3. The largest absolute Gasteiger partial charge is 0.252 e. The van der Waals surface area contributed by atoms with Crippen molar-refractivity contribution < 1.29 is 8.42 Å². The van der Waals surface area contributed by atoms with Gasteiger partial charge in [-0.05, 0) is 30.5 Å². The highest BCUT2D eigenvalue weighted by Crippen LogP contribution is 2.36. The number of piperidine rings is 1. The van der Waals surface area contributed by atoms with Gasteiger partial charge in [0.05, 0.1) is 10.6 Å². The van der Waals surface area contributed by atoms with Crippen LogP contribution in [0.1, 0.15) is 18.4 Å². The number of nitrogens with zero attached hydrogens (tertiary/aromatic N) is 3. The normalized spacial score (nSPS) is 19.5. The average molecular weight is 434 g/mol. The molecule has 2 heterocycles. The Labute approximate surface area is 174 Å². The molecule has 1 saturated heterocycles. The standard InChI is InChI=1S/C20H20ClN3O2S2/c1-27-19-18(15-7-9-16(21)10-8-15)22-20(23-19)11-13-24(14-12-20)28(25,26)17-5-3-2-4-6-17/h2-10H,11-14H2,1H3. The van der Waals surface area contributed by atoms with E-state index >= 15 is 0 Å². The Morgan fingerprint density at radius 3 is 2.25 bits per heavy atom. The molecule has 0 radical (unpaired) electrons. The fourth-order valence-electron chi connectivity index (χ4n) is 3.51. The van der Waals surface area contributed by atoms with Crippen molar-refractivity contribution in [2.75, 3.05) is 19.3 Å². The van der Waals surface area contributed by atoms with Crippen LogP contribution in [0, 0.1) is 0 Å². The van der Waals surface area contributed by atoms with E-state index < -0.39 is 15.7 Å². The van der Waals surface area contributed by atoms with E-state index in [1.54, 1.807) is 36.0 Å². The summed E-state index contributed by atoms with van der Waals surface area (Å²) in [5, 5.41) is 1.57. The Morgan fingerprint density at radius 1 is 1.00 bits per heavy atom. The maximum atomic E-state index is 12.9. The molecule has 0 unspecified atom stereocenters. The van der Waals surface area contributed by atoms with Crippen molar-refractivity contribution in [1.29, 1.82) is 0 Å². The fraction of sp³-hybridized carbons (Fsp3) is 0.300. The van der Waals surface area contributed by atoms with Crippen LogP contribution in [-0.2, 0) is 10.0 Å². The summed E-state index contributed by atoms with van der Waals surface area (Å²) in [6.45, 7) is 0.805. The SMILES string of the molecule is CSC1=NC2(CCN(S(=O)(=O)c3ccccc3)CC2)N=C1c1ccc(Cl)cc1. The zero-order chi connectivity index (χ0) is 19.8. The first-order valence-electron chi connectivity index (χ1n) is 8.99. The zero-order valence-electron chi connectivity index (χ0n) is 15.4. The van der Waals surface area contributed by atoms with Crippen LogP contribution in [0.2, 0.25) is 5.02 Å². The van der Waals surface area contributed by atoms with Crippen LogP contribution in [-0.4, -0.2) is 48.5 Å². The summed E-state index contributed by atoms with van der Waals surface area (Å²) >= 11 is 7.57. The molecule has 8 heteroatoms. The van der Waals surface area contributed by atoms with Gasteiger partial charge in [0.25, 0.3) is 0 Å². The van der Waals surface area contributed by atoms with E-state index in [1.165, 1.54) is 4.31 Å². The molecule has 28 heavy (non-hydrogen) atoms. The topological polar surface area (TPSA) is 62.1 Å². The van der Waals surface area contributed by atoms with Crippen LogP contribution >= 0.6 is 23.4 Å². The quantitative estimate of drug-likeness (QED) is 0.732. The van der Waals surface area contributed by atoms with Gasteiger partial charge < -0.3 is 0 Å². The van der Waals surface area contributed by atoms with Gasteiger partial charge in [-0.2, -0.15) is 4.31 Å². The van der Waals surface area contributed by atoms with Gasteiger partial charge in [-0.25, -0.2) is 13.4 Å². The molecule has 5 nitrogen and oxygen atoms in total. The first-order valence-corrected chi connectivity index (χ1v) is 12.0. The lowest BCUT2D eigenvalue weighted by atomic mass is 10.00. The number of aliphatic imine (C=N–C) groups is 2. The Morgan fingerprint density at radius 2 is 1.64 bits per heavy atom. The van der Waals surface area contributed by atoms with Crippen LogP contribution < -0.4 is 0 Å². The Balaban J connectivity index is 1.57. The highest BCUT2D eigenvalue weighted by atomic mass is 35.5. The van der Waals surface area contributed by atoms with E-state index in [0.717, 1.165) is 16.3 Å². The lowest BCUT2D eigenvalue weighted by Crippen LogP contribution is -2.44. The second kappa shape index (κ2) is 7.63. The van der Waals surface area contributed by atoms with Crippen molar-refractivity contribution in [3.05, 3.63) is 65.2 Å². The maximum absolute atomic E-state index is 12.9. The Kier molecular flexibility index (Phi) is 5.35. The second-order valence-electron chi connectivity index (χ2n) is 6.79. The molecule has 4 rings (SSSR count). The second-order valence-corrected chi connectivity index (χ2v) is 9.96. The smallest absolute Gasteiger partial charge is 0.243 e. The number of rotatable bonds is 3. The third-order valence-electron chi connectivity index (χ3n) is 5.05. The molecule has 0 N–H and O–H groups in total. The molecule has 146 valence electrons. The van der Waals surface area contributed by atoms with Crippen LogP contribution in [0.25, 0.3) is 0 Å². The van der Waals surface area contributed by atoms with Gasteiger partial charge in [0.15, 0.2) is 5.66 Å². The van der Waals surface area contributed by atoms with E-state index in [2.05, 4.69) is 0 Å². The van der Waals surface area contributed by atoms with Crippen LogP contribution in [0.3, 0.4) is 0 Å². The van der Waals surface area contributed by atoms with E-state index in [0.29, 0.717) is 35.8 Å². The summed E-state index contributed by atoms with van der Waals surface area (Å²) in [5.41, 5.74) is 1.27. The Bertz CT molecular complexity index is 1030. The number of hydrogen-bond acceptors (Lipinski definition) is 5. The summed E-state index contributed by atoms with van der Waals surface area (Å²) in [5.74, 6) is 0. The molecular weight excluding hydrogens is 414 g/mol. The number of benzene rings is 2. The molecule has 1 fully saturated rings. The van der Waals surface area contributed by atoms with Crippen LogP contribution in [0.4, 0.5) is 0 Å². The molecule has 2 aliphatic rings. The molecule has 2 aromatic rings. The van der Waals surface area contributed by atoms with Gasteiger partial charge >= 0.3 is 0 Å². The van der Waals surface area contributed by atoms with Crippen molar-refractivity contribution in [3.8, 4) is 0 Å². The number of thioether (sulfide) groups is 1. The fourth-order valence-corrected chi connectivity index (χ4v) is 5.72. The minimum absolute atomic E-state index is 0.330. The lowest BCUT2D eigenvalue weighted by molar-refractivity contribution is 0.249. The number of hydrogen-bond donors (Lipinski definition) is 0. The van der Waals surface area contributed by atoms with Gasteiger partial charge in [0.2, 0.25) is 10.0 Å². The monoisotopic (exact) mass is 433 g/mol. The molecule has 0 bridgehead atoms. The molecule has 1 spiro atoms. The molecule has 0 aromatic heterocycles. The molecule has 0 aliphatic carbocycles. The zero-order valence-corrected chi connectivity index (χ0v) is 17.8. The molecule has 0 saturated carbocycles.